The summed E-state index contributed by atoms with van der Waals surface area (Å²) < 4.78 is 19.8. The molecule has 5 nitrogen and oxygen atoms in total. The average molecular weight is 299 g/mol. The van der Waals surface area contributed by atoms with Gasteiger partial charge >= 0.3 is 5.97 Å². The fourth-order valence-corrected chi connectivity index (χ4v) is 2.28. The average Bonchev–Trinajstić information content (AvgIpc) is 2.91. The van der Waals surface area contributed by atoms with E-state index in [0.29, 0.717) is 5.65 Å². The molecule has 0 spiro atoms. The monoisotopic (exact) mass is 299 g/mol. The first-order chi connectivity index (χ1) is 10.6. The molecule has 22 heavy (non-hydrogen) atoms. The van der Waals surface area contributed by atoms with Crippen LogP contribution in [0.3, 0.4) is 0 Å². The van der Waals surface area contributed by atoms with Crippen LogP contribution in [0.1, 0.15) is 23.1 Å². The molecule has 0 N–H and O–H groups in total. The van der Waals surface area contributed by atoms with Crippen LogP contribution in [0.5, 0.6) is 0 Å². The number of fused-ring (bicyclic) bond motifs is 1. The molecule has 0 atom stereocenters. The molecule has 0 aliphatic heterocycles. The Morgan fingerprint density at radius 3 is 2.73 bits per heavy atom. The van der Waals surface area contributed by atoms with Gasteiger partial charge in [-0.3, -0.25) is 4.40 Å². The quantitative estimate of drug-likeness (QED) is 0.698. The summed E-state index contributed by atoms with van der Waals surface area (Å²) in [5, 5.41) is 0. The van der Waals surface area contributed by atoms with Crippen molar-refractivity contribution in [1.29, 1.82) is 0 Å². The first-order valence-electron chi connectivity index (χ1n) is 6.88. The van der Waals surface area contributed by atoms with Gasteiger partial charge in [0.2, 0.25) is 0 Å². The number of halogens is 1. The number of hydrogen-bond acceptors (Lipinski definition) is 4. The predicted molar refractivity (Wildman–Crippen MR) is 79.1 cm³/mol. The van der Waals surface area contributed by atoms with E-state index in [0.717, 1.165) is 17.0 Å². The Labute approximate surface area is 126 Å². The molecule has 2 aromatic heterocycles. The number of benzene rings is 1. The first-order valence-corrected chi connectivity index (χ1v) is 6.88. The number of imidazole rings is 1. The highest BCUT2D eigenvalue weighted by atomic mass is 19.1. The molecule has 0 bridgehead atoms. The van der Waals surface area contributed by atoms with Gasteiger partial charge in [-0.2, -0.15) is 0 Å². The van der Waals surface area contributed by atoms with E-state index in [1.54, 1.807) is 23.5 Å². The van der Waals surface area contributed by atoms with Crippen LogP contribution in [0.15, 0.2) is 36.7 Å². The standard InChI is InChI=1S/C16H14FN3O2/c1-3-22-16(21)14-15-19-10(2)8-13(20(15)9-18-14)11-4-6-12(17)7-5-11/h4-9H,3H2,1-2H3. The lowest BCUT2D eigenvalue weighted by molar-refractivity contribution is 0.0522. The zero-order valence-corrected chi connectivity index (χ0v) is 12.2. The Kier molecular flexibility index (Phi) is 3.58. The summed E-state index contributed by atoms with van der Waals surface area (Å²) in [6.45, 7) is 3.84. The molecule has 0 amide bonds. The lowest BCUT2D eigenvalue weighted by Gasteiger charge is -2.07. The minimum absolute atomic E-state index is 0.175. The van der Waals surface area contributed by atoms with Crippen molar-refractivity contribution < 1.29 is 13.9 Å². The fourth-order valence-electron chi connectivity index (χ4n) is 2.28. The number of carbonyl (C=O) groups excluding carboxylic acids is 1. The van der Waals surface area contributed by atoms with E-state index in [-0.39, 0.29) is 18.1 Å². The van der Waals surface area contributed by atoms with Gasteiger partial charge in [-0.25, -0.2) is 19.2 Å². The van der Waals surface area contributed by atoms with E-state index in [1.165, 1.54) is 18.5 Å². The Balaban J connectivity index is 2.20. The molecule has 112 valence electrons. The van der Waals surface area contributed by atoms with Crippen LogP contribution in [0.2, 0.25) is 0 Å². The van der Waals surface area contributed by atoms with Crippen LogP contribution in [0.25, 0.3) is 16.9 Å². The fraction of sp³-hybridized carbons (Fsp3) is 0.188. The number of hydrogen-bond donors (Lipinski definition) is 0. The summed E-state index contributed by atoms with van der Waals surface area (Å²) in [7, 11) is 0. The molecule has 6 heteroatoms. The van der Waals surface area contributed by atoms with E-state index in [1.807, 2.05) is 13.0 Å². The van der Waals surface area contributed by atoms with Crippen LogP contribution in [-0.4, -0.2) is 26.9 Å². The smallest absolute Gasteiger partial charge is 0.360 e. The van der Waals surface area contributed by atoms with Crippen molar-refractivity contribution in [3.63, 3.8) is 0 Å². The largest absolute Gasteiger partial charge is 0.461 e. The van der Waals surface area contributed by atoms with Gasteiger partial charge in [0.1, 0.15) is 12.1 Å². The van der Waals surface area contributed by atoms with E-state index in [9.17, 15) is 9.18 Å². The molecule has 2 heterocycles. The second kappa shape index (κ2) is 5.55. The van der Waals surface area contributed by atoms with Crippen LogP contribution in [0.4, 0.5) is 4.39 Å². The molecule has 1 aromatic carbocycles. The van der Waals surface area contributed by atoms with Crippen molar-refractivity contribution in [3.05, 3.63) is 53.9 Å². The number of nitrogens with zero attached hydrogens (tertiary/aromatic N) is 3. The van der Waals surface area contributed by atoms with Crippen LogP contribution in [-0.2, 0) is 4.74 Å². The molecule has 0 radical (unpaired) electrons. The zero-order chi connectivity index (χ0) is 15.7. The van der Waals surface area contributed by atoms with Gasteiger partial charge in [-0.15, -0.1) is 0 Å². The highest BCUT2D eigenvalue weighted by Gasteiger charge is 2.18. The molecule has 0 saturated carbocycles. The van der Waals surface area contributed by atoms with E-state index in [4.69, 9.17) is 4.74 Å². The van der Waals surface area contributed by atoms with Gasteiger partial charge < -0.3 is 4.74 Å². The van der Waals surface area contributed by atoms with E-state index in [2.05, 4.69) is 9.97 Å². The molecule has 0 unspecified atom stereocenters. The molecule has 3 rings (SSSR count). The third kappa shape index (κ3) is 2.43. The molecule has 3 aromatic rings. The number of aromatic nitrogens is 3. The van der Waals surface area contributed by atoms with Crippen molar-refractivity contribution in [2.24, 2.45) is 0 Å². The third-order valence-electron chi connectivity index (χ3n) is 3.24. The molecule has 0 aliphatic rings. The van der Waals surface area contributed by atoms with Crippen molar-refractivity contribution in [1.82, 2.24) is 14.4 Å². The van der Waals surface area contributed by atoms with Gasteiger partial charge in [-0.1, -0.05) is 0 Å². The lowest BCUT2D eigenvalue weighted by atomic mass is 10.1. The van der Waals surface area contributed by atoms with Crippen molar-refractivity contribution in [3.8, 4) is 11.3 Å². The van der Waals surface area contributed by atoms with Crippen LogP contribution >= 0.6 is 0 Å². The number of esters is 1. The van der Waals surface area contributed by atoms with Crippen molar-refractivity contribution in [2.45, 2.75) is 13.8 Å². The van der Waals surface area contributed by atoms with Crippen molar-refractivity contribution >= 4 is 11.6 Å². The summed E-state index contributed by atoms with van der Waals surface area (Å²) in [5.41, 5.74) is 2.93. The number of rotatable bonds is 3. The normalized spacial score (nSPS) is 10.9. The summed E-state index contributed by atoms with van der Waals surface area (Å²) in [4.78, 5) is 20.4. The van der Waals surface area contributed by atoms with Gasteiger partial charge in [0.15, 0.2) is 11.3 Å². The van der Waals surface area contributed by atoms with Gasteiger partial charge in [0.05, 0.1) is 12.3 Å². The second-order valence-electron chi connectivity index (χ2n) is 4.80. The zero-order valence-electron chi connectivity index (χ0n) is 12.2. The maximum Gasteiger partial charge on any atom is 0.360 e. The highest BCUT2D eigenvalue weighted by Crippen LogP contribution is 2.23. The minimum Gasteiger partial charge on any atom is -0.461 e. The van der Waals surface area contributed by atoms with Gasteiger partial charge in [-0.05, 0) is 49.7 Å². The Bertz CT molecular complexity index is 840. The number of aryl methyl sites for hydroxylation is 1. The van der Waals surface area contributed by atoms with Crippen LogP contribution < -0.4 is 0 Å². The Morgan fingerprint density at radius 1 is 1.32 bits per heavy atom. The second-order valence-corrected chi connectivity index (χ2v) is 4.80. The SMILES string of the molecule is CCOC(=O)c1ncn2c(-c3ccc(F)cc3)cc(C)nc12. The highest BCUT2D eigenvalue weighted by molar-refractivity contribution is 5.94. The number of ether oxygens (including phenoxy) is 1. The lowest BCUT2D eigenvalue weighted by Crippen LogP contribution is -2.07. The molecule has 0 aliphatic carbocycles. The molecule has 0 saturated heterocycles. The minimum atomic E-state index is -0.506. The van der Waals surface area contributed by atoms with Crippen LogP contribution in [0, 0.1) is 12.7 Å². The van der Waals surface area contributed by atoms with E-state index < -0.39 is 5.97 Å². The molecular formula is C16H14FN3O2. The number of carbonyl (C=O) groups is 1. The van der Waals surface area contributed by atoms with Gasteiger partial charge in [0, 0.05) is 5.69 Å². The summed E-state index contributed by atoms with van der Waals surface area (Å²) in [6.07, 6.45) is 1.52. The Hall–Kier alpha value is -2.76. The van der Waals surface area contributed by atoms with E-state index >= 15 is 0 Å². The first kappa shape index (κ1) is 14.2. The molecular weight excluding hydrogens is 285 g/mol. The van der Waals surface area contributed by atoms with Gasteiger partial charge in [0.25, 0.3) is 0 Å². The molecule has 0 fully saturated rings. The Morgan fingerprint density at radius 2 is 2.05 bits per heavy atom. The topological polar surface area (TPSA) is 56.5 Å². The third-order valence-corrected chi connectivity index (χ3v) is 3.24. The maximum absolute atomic E-state index is 13.1. The van der Waals surface area contributed by atoms with Crippen molar-refractivity contribution in [2.75, 3.05) is 6.61 Å². The summed E-state index contributed by atoms with van der Waals surface area (Å²) in [6, 6.07) is 7.98. The summed E-state index contributed by atoms with van der Waals surface area (Å²) >= 11 is 0. The predicted octanol–water partition coefficient (Wildman–Crippen LogP) is 3.02. The maximum atomic E-state index is 13.1. The summed E-state index contributed by atoms with van der Waals surface area (Å²) in [5.74, 6) is -0.809.